The van der Waals surface area contributed by atoms with Gasteiger partial charge in [-0.15, -0.1) is 0 Å². The predicted octanol–water partition coefficient (Wildman–Crippen LogP) is 3.79. The second kappa shape index (κ2) is 4.73. The average molecular weight is 239 g/mol. The summed E-state index contributed by atoms with van der Waals surface area (Å²) < 4.78 is 0. The molecule has 0 aliphatic carbocycles. The van der Waals surface area contributed by atoms with E-state index >= 15 is 0 Å². The van der Waals surface area contributed by atoms with Crippen molar-refractivity contribution in [3.8, 4) is 11.3 Å². The van der Waals surface area contributed by atoms with Gasteiger partial charge in [-0.2, -0.15) is 0 Å². The van der Waals surface area contributed by atoms with E-state index in [1.807, 2.05) is 31.2 Å². The highest BCUT2D eigenvalue weighted by atomic mass is 16.1. The monoisotopic (exact) mass is 239 g/mol. The fourth-order valence-corrected chi connectivity index (χ4v) is 2.07. The molecule has 0 saturated heterocycles. The van der Waals surface area contributed by atoms with E-state index in [-0.39, 0.29) is 0 Å². The van der Waals surface area contributed by atoms with Gasteiger partial charge in [-0.05, 0) is 44.4 Å². The molecule has 0 saturated carbocycles. The lowest BCUT2D eigenvalue weighted by Gasteiger charge is -2.13. The lowest BCUT2D eigenvalue weighted by molar-refractivity contribution is 0.112. The van der Waals surface area contributed by atoms with Crippen molar-refractivity contribution in [1.82, 2.24) is 4.98 Å². The van der Waals surface area contributed by atoms with E-state index in [1.165, 1.54) is 16.7 Å². The van der Waals surface area contributed by atoms with Crippen LogP contribution in [0.25, 0.3) is 11.3 Å². The number of rotatable bonds is 2. The van der Waals surface area contributed by atoms with Crippen molar-refractivity contribution in [2.24, 2.45) is 0 Å². The predicted molar refractivity (Wildman–Crippen MR) is 74.0 cm³/mol. The fraction of sp³-hybridized carbons (Fsp3) is 0.250. The molecule has 18 heavy (non-hydrogen) atoms. The largest absolute Gasteiger partial charge is 0.298 e. The van der Waals surface area contributed by atoms with Crippen LogP contribution in [-0.2, 0) is 0 Å². The van der Waals surface area contributed by atoms with Crippen molar-refractivity contribution in [1.29, 1.82) is 0 Å². The molecule has 0 aliphatic rings. The number of hydrogen-bond donors (Lipinski definition) is 0. The highest BCUT2D eigenvalue weighted by molar-refractivity contribution is 5.77. The zero-order valence-corrected chi connectivity index (χ0v) is 11.2. The Labute approximate surface area is 108 Å². The Balaban J connectivity index is 2.60. The van der Waals surface area contributed by atoms with E-state index in [9.17, 15) is 4.79 Å². The summed E-state index contributed by atoms with van der Waals surface area (Å²) in [7, 11) is 0. The van der Waals surface area contributed by atoms with Gasteiger partial charge in [0.1, 0.15) is 6.29 Å². The molecular weight excluding hydrogens is 222 g/mol. The van der Waals surface area contributed by atoms with Gasteiger partial charge in [-0.1, -0.05) is 24.3 Å². The summed E-state index contributed by atoms with van der Waals surface area (Å²) in [5, 5.41) is 0. The molecule has 2 aromatic rings. The smallest absolute Gasteiger partial charge is 0.150 e. The molecule has 0 bridgehead atoms. The van der Waals surface area contributed by atoms with E-state index in [0.717, 1.165) is 23.2 Å². The van der Waals surface area contributed by atoms with Gasteiger partial charge in [-0.25, -0.2) is 0 Å². The number of aryl methyl sites for hydroxylation is 1. The number of carbonyl (C=O) groups excluding carboxylic acids is 1. The van der Waals surface area contributed by atoms with E-state index < -0.39 is 0 Å². The Morgan fingerprint density at radius 2 is 1.50 bits per heavy atom. The van der Waals surface area contributed by atoms with Crippen molar-refractivity contribution in [3.63, 3.8) is 0 Å². The summed E-state index contributed by atoms with van der Waals surface area (Å²) in [6.07, 6.45) is 0.857. The zero-order valence-electron chi connectivity index (χ0n) is 11.2. The van der Waals surface area contributed by atoms with Gasteiger partial charge < -0.3 is 0 Å². The van der Waals surface area contributed by atoms with Crippen LogP contribution in [0.1, 0.15) is 32.7 Å². The van der Waals surface area contributed by atoms with Gasteiger partial charge in [0, 0.05) is 16.8 Å². The van der Waals surface area contributed by atoms with Crippen LogP contribution in [0, 0.1) is 27.7 Å². The van der Waals surface area contributed by atoms with E-state index in [2.05, 4.69) is 25.8 Å². The number of pyridine rings is 1. The van der Waals surface area contributed by atoms with Gasteiger partial charge in [0.15, 0.2) is 0 Å². The number of nitrogens with zero attached hydrogens (tertiary/aromatic N) is 1. The van der Waals surface area contributed by atoms with Crippen LogP contribution in [0.15, 0.2) is 24.3 Å². The minimum absolute atomic E-state index is 0.692. The molecular formula is C16H17NO. The Bertz CT molecular complexity index is 597. The molecule has 1 heterocycles. The second-order valence-electron chi connectivity index (χ2n) is 4.66. The number of hydrogen-bond acceptors (Lipinski definition) is 2. The van der Waals surface area contributed by atoms with E-state index in [4.69, 9.17) is 0 Å². The van der Waals surface area contributed by atoms with Crippen LogP contribution in [-0.4, -0.2) is 11.3 Å². The first kappa shape index (κ1) is 12.5. The normalized spacial score (nSPS) is 10.4. The quantitative estimate of drug-likeness (QED) is 0.746. The van der Waals surface area contributed by atoms with Gasteiger partial charge in [0.05, 0.1) is 5.69 Å². The Kier molecular flexibility index (Phi) is 3.28. The van der Waals surface area contributed by atoms with E-state index in [0.29, 0.717) is 5.56 Å². The van der Waals surface area contributed by atoms with Gasteiger partial charge in [-0.3, -0.25) is 9.78 Å². The first-order valence-corrected chi connectivity index (χ1v) is 6.04. The lowest BCUT2D eigenvalue weighted by atomic mass is 9.98. The van der Waals surface area contributed by atoms with Gasteiger partial charge in [0.25, 0.3) is 0 Å². The number of benzene rings is 1. The molecule has 2 rings (SSSR count). The minimum atomic E-state index is 0.692. The van der Waals surface area contributed by atoms with Crippen LogP contribution in [0.4, 0.5) is 0 Å². The van der Waals surface area contributed by atoms with Crippen LogP contribution in [0.5, 0.6) is 0 Å². The average Bonchev–Trinajstić information content (AvgIpc) is 2.41. The Hall–Kier alpha value is -1.96. The number of aldehydes is 1. The molecule has 0 N–H and O–H groups in total. The third kappa shape index (κ3) is 2.06. The second-order valence-corrected chi connectivity index (χ2v) is 4.66. The SMILES string of the molecule is Cc1nc(-c2ccc(C=O)cc2)c(C)c(C)c1C. The lowest BCUT2D eigenvalue weighted by Crippen LogP contribution is -1.99. The molecule has 0 atom stereocenters. The maximum Gasteiger partial charge on any atom is 0.150 e. The minimum Gasteiger partial charge on any atom is -0.298 e. The Morgan fingerprint density at radius 1 is 0.889 bits per heavy atom. The van der Waals surface area contributed by atoms with Crippen molar-refractivity contribution in [3.05, 3.63) is 52.2 Å². The molecule has 92 valence electrons. The fourth-order valence-electron chi connectivity index (χ4n) is 2.07. The number of aromatic nitrogens is 1. The number of carbonyl (C=O) groups is 1. The summed E-state index contributed by atoms with van der Waals surface area (Å²) in [6.45, 7) is 8.36. The first-order chi connectivity index (χ1) is 8.54. The molecule has 0 unspecified atom stereocenters. The maximum absolute atomic E-state index is 10.7. The summed E-state index contributed by atoms with van der Waals surface area (Å²) in [5.74, 6) is 0. The third-order valence-electron chi connectivity index (χ3n) is 3.62. The van der Waals surface area contributed by atoms with Crippen LogP contribution in [0.2, 0.25) is 0 Å². The van der Waals surface area contributed by atoms with Crippen molar-refractivity contribution >= 4 is 6.29 Å². The molecule has 2 nitrogen and oxygen atoms in total. The first-order valence-electron chi connectivity index (χ1n) is 6.04. The summed E-state index contributed by atoms with van der Waals surface area (Å²) in [6, 6.07) is 7.56. The van der Waals surface area contributed by atoms with Crippen molar-refractivity contribution in [2.75, 3.05) is 0 Å². The molecule has 2 heteroatoms. The van der Waals surface area contributed by atoms with Crippen LogP contribution in [0.3, 0.4) is 0 Å². The topological polar surface area (TPSA) is 30.0 Å². The van der Waals surface area contributed by atoms with Crippen molar-refractivity contribution < 1.29 is 4.79 Å². The molecule has 0 amide bonds. The standard InChI is InChI=1S/C16H17NO/c1-10-11(2)13(4)17-16(12(10)3)15-7-5-14(9-18)6-8-15/h5-9H,1-4H3. The summed E-state index contributed by atoms with van der Waals surface area (Å²) >= 11 is 0. The van der Waals surface area contributed by atoms with Gasteiger partial charge >= 0.3 is 0 Å². The summed E-state index contributed by atoms with van der Waals surface area (Å²) in [4.78, 5) is 15.3. The summed E-state index contributed by atoms with van der Waals surface area (Å²) in [5.41, 5.74) is 7.57. The van der Waals surface area contributed by atoms with E-state index in [1.54, 1.807) is 0 Å². The molecule has 1 aromatic carbocycles. The molecule has 0 aliphatic heterocycles. The zero-order chi connectivity index (χ0) is 13.3. The highest BCUT2D eigenvalue weighted by Gasteiger charge is 2.10. The highest BCUT2D eigenvalue weighted by Crippen LogP contribution is 2.26. The maximum atomic E-state index is 10.7. The molecule has 0 spiro atoms. The van der Waals surface area contributed by atoms with Crippen LogP contribution < -0.4 is 0 Å². The molecule has 0 fully saturated rings. The van der Waals surface area contributed by atoms with Gasteiger partial charge in [0.2, 0.25) is 0 Å². The molecule has 0 radical (unpaired) electrons. The van der Waals surface area contributed by atoms with Crippen molar-refractivity contribution in [2.45, 2.75) is 27.7 Å². The van der Waals surface area contributed by atoms with Crippen LogP contribution >= 0.6 is 0 Å². The Morgan fingerprint density at radius 3 is 2.06 bits per heavy atom. The molecule has 1 aromatic heterocycles. The third-order valence-corrected chi connectivity index (χ3v) is 3.62.